The highest BCUT2D eigenvalue weighted by molar-refractivity contribution is 7.99. The third-order valence-electron chi connectivity index (χ3n) is 3.46. The zero-order valence-electron chi connectivity index (χ0n) is 9.50. The van der Waals surface area contributed by atoms with Crippen molar-refractivity contribution < 1.29 is 0 Å². The van der Waals surface area contributed by atoms with E-state index in [1.807, 2.05) is 11.8 Å². The van der Waals surface area contributed by atoms with Gasteiger partial charge >= 0.3 is 0 Å². The van der Waals surface area contributed by atoms with Gasteiger partial charge in [0.1, 0.15) is 0 Å². The molecule has 4 heteroatoms. The minimum Gasteiger partial charge on any atom is -0.329 e. The van der Waals surface area contributed by atoms with Gasteiger partial charge in [0.2, 0.25) is 0 Å². The van der Waals surface area contributed by atoms with Crippen molar-refractivity contribution >= 4 is 11.8 Å². The molecule has 2 rings (SSSR count). The Bertz CT molecular complexity index is 186. The van der Waals surface area contributed by atoms with E-state index in [4.69, 9.17) is 5.73 Å². The molecule has 2 aliphatic rings. The molecule has 15 heavy (non-hydrogen) atoms. The van der Waals surface area contributed by atoms with Gasteiger partial charge in [-0.1, -0.05) is 6.42 Å². The molecule has 0 saturated carbocycles. The molecule has 0 spiro atoms. The van der Waals surface area contributed by atoms with E-state index in [2.05, 4.69) is 10.4 Å². The molecule has 1 unspecified atom stereocenters. The van der Waals surface area contributed by atoms with Crippen molar-refractivity contribution in [3.63, 3.8) is 0 Å². The Morgan fingerprint density at radius 1 is 1.20 bits per heavy atom. The van der Waals surface area contributed by atoms with Crippen LogP contribution in [0.25, 0.3) is 0 Å². The predicted octanol–water partition coefficient (Wildman–Crippen LogP) is 1.20. The van der Waals surface area contributed by atoms with Crippen molar-refractivity contribution in [2.45, 2.75) is 37.6 Å². The van der Waals surface area contributed by atoms with Crippen molar-refractivity contribution in [2.75, 3.05) is 31.1 Å². The lowest BCUT2D eigenvalue weighted by molar-refractivity contribution is 0.0873. The fourth-order valence-electron chi connectivity index (χ4n) is 2.49. The number of piperidine rings is 1. The summed E-state index contributed by atoms with van der Waals surface area (Å²) in [6.07, 6.45) is 6.61. The number of nitrogens with one attached hydrogen (secondary N) is 1. The van der Waals surface area contributed by atoms with Crippen LogP contribution in [0.5, 0.6) is 0 Å². The first-order chi connectivity index (χ1) is 7.35. The highest BCUT2D eigenvalue weighted by Gasteiger charge is 2.32. The van der Waals surface area contributed by atoms with Crippen LogP contribution in [0, 0.1) is 0 Å². The summed E-state index contributed by atoms with van der Waals surface area (Å²) in [5.41, 5.74) is 9.86. The average Bonchev–Trinajstić information content (AvgIpc) is 2.32. The molecule has 2 aliphatic heterocycles. The lowest BCUT2D eigenvalue weighted by atomic mass is 9.96. The van der Waals surface area contributed by atoms with Gasteiger partial charge in [0, 0.05) is 25.4 Å². The number of nitrogens with two attached hydrogens (primary N) is 1. The Hall–Kier alpha value is 0.230. The van der Waals surface area contributed by atoms with E-state index in [1.54, 1.807) is 0 Å². The largest absolute Gasteiger partial charge is 0.329 e. The monoisotopic (exact) mass is 229 g/mol. The van der Waals surface area contributed by atoms with Gasteiger partial charge in [-0.3, -0.25) is 0 Å². The fourth-order valence-corrected chi connectivity index (χ4v) is 3.70. The standard InChI is InChI=1S/C11H23N3S/c12-9-11(5-4-8-15-10-11)13-14-6-2-1-3-7-14/h13H,1-10,12H2. The number of hydrazine groups is 1. The van der Waals surface area contributed by atoms with Gasteiger partial charge in [-0.25, -0.2) is 10.4 Å². The second-order valence-corrected chi connectivity index (χ2v) is 5.91. The van der Waals surface area contributed by atoms with Crippen molar-refractivity contribution in [3.8, 4) is 0 Å². The summed E-state index contributed by atoms with van der Waals surface area (Å²) in [4.78, 5) is 0. The number of hydrogen-bond acceptors (Lipinski definition) is 4. The second kappa shape index (κ2) is 5.53. The average molecular weight is 229 g/mol. The molecule has 0 aromatic heterocycles. The molecule has 2 heterocycles. The molecular formula is C11H23N3S. The highest BCUT2D eigenvalue weighted by atomic mass is 32.2. The van der Waals surface area contributed by atoms with Gasteiger partial charge in [0.25, 0.3) is 0 Å². The van der Waals surface area contributed by atoms with E-state index in [0.717, 1.165) is 6.54 Å². The zero-order chi connectivity index (χ0) is 10.6. The Kier molecular flexibility index (Phi) is 4.31. The first-order valence-corrected chi connectivity index (χ1v) is 7.31. The van der Waals surface area contributed by atoms with E-state index in [-0.39, 0.29) is 5.54 Å². The molecule has 3 N–H and O–H groups in total. The number of thioether (sulfide) groups is 1. The Morgan fingerprint density at radius 3 is 2.60 bits per heavy atom. The van der Waals surface area contributed by atoms with Gasteiger partial charge in [-0.2, -0.15) is 11.8 Å². The minimum absolute atomic E-state index is 0.195. The summed E-state index contributed by atoms with van der Waals surface area (Å²) in [6.45, 7) is 3.18. The summed E-state index contributed by atoms with van der Waals surface area (Å²) < 4.78 is 0. The number of nitrogens with zero attached hydrogens (tertiary/aromatic N) is 1. The van der Waals surface area contributed by atoms with E-state index in [1.165, 1.54) is 56.7 Å². The van der Waals surface area contributed by atoms with E-state index < -0.39 is 0 Å². The molecule has 0 aromatic carbocycles. The van der Waals surface area contributed by atoms with Crippen LogP contribution < -0.4 is 11.2 Å². The molecule has 0 aliphatic carbocycles. The molecule has 1 atom stereocenters. The molecule has 0 radical (unpaired) electrons. The normalized spacial score (nSPS) is 34.2. The summed E-state index contributed by atoms with van der Waals surface area (Å²) in [5, 5.41) is 2.41. The maximum atomic E-state index is 5.95. The van der Waals surface area contributed by atoms with E-state index in [9.17, 15) is 0 Å². The van der Waals surface area contributed by atoms with Gasteiger partial charge in [0.15, 0.2) is 0 Å². The van der Waals surface area contributed by atoms with Crippen LogP contribution in [0.3, 0.4) is 0 Å². The van der Waals surface area contributed by atoms with Gasteiger partial charge < -0.3 is 5.73 Å². The summed E-state index contributed by atoms with van der Waals surface area (Å²) in [7, 11) is 0. The topological polar surface area (TPSA) is 41.3 Å². The molecule has 0 bridgehead atoms. The summed E-state index contributed by atoms with van der Waals surface area (Å²) in [5.74, 6) is 2.49. The first kappa shape index (κ1) is 11.7. The van der Waals surface area contributed by atoms with Crippen LogP contribution in [0.2, 0.25) is 0 Å². The molecule has 0 aromatic rings. The van der Waals surface area contributed by atoms with E-state index >= 15 is 0 Å². The Balaban J connectivity index is 1.87. The van der Waals surface area contributed by atoms with E-state index in [0.29, 0.717) is 0 Å². The third-order valence-corrected chi connectivity index (χ3v) is 4.80. The first-order valence-electron chi connectivity index (χ1n) is 6.15. The fraction of sp³-hybridized carbons (Fsp3) is 1.00. The van der Waals surface area contributed by atoms with Crippen LogP contribution in [0.15, 0.2) is 0 Å². The SMILES string of the molecule is NCC1(NN2CCCCC2)CCCSC1. The molecular weight excluding hydrogens is 206 g/mol. The second-order valence-electron chi connectivity index (χ2n) is 4.80. The summed E-state index contributed by atoms with van der Waals surface area (Å²) in [6, 6.07) is 0. The van der Waals surface area contributed by atoms with Gasteiger partial charge in [0.05, 0.1) is 5.54 Å². The zero-order valence-corrected chi connectivity index (χ0v) is 10.3. The number of hydrogen-bond donors (Lipinski definition) is 2. The van der Waals surface area contributed by atoms with Crippen molar-refractivity contribution in [2.24, 2.45) is 5.73 Å². The maximum absolute atomic E-state index is 5.95. The Morgan fingerprint density at radius 2 is 2.00 bits per heavy atom. The molecule has 0 amide bonds. The quantitative estimate of drug-likeness (QED) is 0.763. The third kappa shape index (κ3) is 3.09. The van der Waals surface area contributed by atoms with Crippen molar-refractivity contribution in [1.29, 1.82) is 0 Å². The highest BCUT2D eigenvalue weighted by Crippen LogP contribution is 2.26. The Labute approximate surface area is 97.1 Å². The molecule has 2 saturated heterocycles. The maximum Gasteiger partial charge on any atom is 0.0538 e. The van der Waals surface area contributed by atoms with Crippen LogP contribution in [0.4, 0.5) is 0 Å². The van der Waals surface area contributed by atoms with Gasteiger partial charge in [-0.05, 0) is 31.4 Å². The van der Waals surface area contributed by atoms with Crippen molar-refractivity contribution in [1.82, 2.24) is 10.4 Å². The van der Waals surface area contributed by atoms with Crippen LogP contribution >= 0.6 is 11.8 Å². The van der Waals surface area contributed by atoms with Gasteiger partial charge in [-0.15, -0.1) is 0 Å². The smallest absolute Gasteiger partial charge is 0.0538 e. The lowest BCUT2D eigenvalue weighted by Crippen LogP contribution is -2.61. The van der Waals surface area contributed by atoms with Crippen LogP contribution in [-0.4, -0.2) is 41.7 Å². The lowest BCUT2D eigenvalue weighted by Gasteiger charge is -2.42. The van der Waals surface area contributed by atoms with Crippen LogP contribution in [0.1, 0.15) is 32.1 Å². The predicted molar refractivity (Wildman–Crippen MR) is 66.9 cm³/mol. The van der Waals surface area contributed by atoms with Crippen LogP contribution in [-0.2, 0) is 0 Å². The van der Waals surface area contributed by atoms with Crippen molar-refractivity contribution in [3.05, 3.63) is 0 Å². The summed E-state index contributed by atoms with van der Waals surface area (Å²) >= 11 is 2.05. The number of rotatable bonds is 3. The molecule has 3 nitrogen and oxygen atoms in total. The molecule has 88 valence electrons. The minimum atomic E-state index is 0.195. The molecule has 2 fully saturated rings.